The predicted molar refractivity (Wildman–Crippen MR) is 108 cm³/mol. The van der Waals surface area contributed by atoms with Crippen molar-refractivity contribution in [3.05, 3.63) is 28.2 Å². The number of fused-ring (bicyclic) bond motifs is 1. The van der Waals surface area contributed by atoms with Gasteiger partial charge in [0, 0.05) is 16.5 Å². The molecule has 2 rings (SSSR count). The number of rotatable bonds is 5. The number of hydrogen-bond donors (Lipinski definition) is 1. The van der Waals surface area contributed by atoms with E-state index in [1.807, 2.05) is 0 Å². The molecule has 1 aromatic rings. The van der Waals surface area contributed by atoms with E-state index in [4.69, 9.17) is 4.74 Å². The molecule has 0 fully saturated rings. The summed E-state index contributed by atoms with van der Waals surface area (Å²) in [4.78, 5) is 12.3. The molecule has 0 bridgehead atoms. The van der Waals surface area contributed by atoms with Crippen LogP contribution in [0.1, 0.15) is 53.5 Å². The lowest BCUT2D eigenvalue weighted by Crippen LogP contribution is -2.66. The van der Waals surface area contributed by atoms with Gasteiger partial charge < -0.3 is 9.47 Å². The molecule has 9 heteroatoms. The van der Waals surface area contributed by atoms with Crippen molar-refractivity contribution in [2.75, 3.05) is 6.61 Å². The van der Waals surface area contributed by atoms with E-state index >= 15 is 8.78 Å². The maximum absolute atomic E-state index is 15.7. The quantitative estimate of drug-likeness (QED) is 0.630. The van der Waals surface area contributed by atoms with Gasteiger partial charge in [0.2, 0.25) is 0 Å². The summed E-state index contributed by atoms with van der Waals surface area (Å²) in [5, 5.41) is 0. The third kappa shape index (κ3) is 4.26. The molecule has 0 spiro atoms. The molecule has 0 radical (unpaired) electrons. The Bertz CT molecular complexity index is 795. The number of carbonyl (C=O) groups is 1. The standard InChI is InChI=1S/C19H26BrF2NO4S/c1-7-26-15(24)19(21,22)18(23-28(25)16(2,3)4)11-17(5,6)27-14-9-8-12(20)10-13(14)18/h8-10,23H,7,11H2,1-6H3. The Morgan fingerprint density at radius 1 is 1.36 bits per heavy atom. The Morgan fingerprint density at radius 3 is 2.50 bits per heavy atom. The molecule has 0 aromatic heterocycles. The van der Waals surface area contributed by atoms with Gasteiger partial charge in [-0.15, -0.1) is 0 Å². The highest BCUT2D eigenvalue weighted by atomic mass is 79.9. The highest BCUT2D eigenvalue weighted by Crippen LogP contribution is 2.52. The van der Waals surface area contributed by atoms with Crippen LogP contribution in [0.3, 0.4) is 0 Å². The average Bonchev–Trinajstić information content (AvgIpc) is 2.53. The Hall–Kier alpha value is -1.06. The van der Waals surface area contributed by atoms with Crippen LogP contribution in [-0.4, -0.2) is 33.1 Å². The molecule has 1 aromatic carbocycles. The normalized spacial score (nSPS) is 22.8. The summed E-state index contributed by atoms with van der Waals surface area (Å²) in [6.45, 7) is 9.55. The zero-order valence-electron chi connectivity index (χ0n) is 16.8. The second kappa shape index (κ2) is 7.65. The predicted octanol–water partition coefficient (Wildman–Crippen LogP) is 4.46. The van der Waals surface area contributed by atoms with Crippen LogP contribution in [0.25, 0.3) is 0 Å². The van der Waals surface area contributed by atoms with Gasteiger partial charge in [0.15, 0.2) is 0 Å². The first-order chi connectivity index (χ1) is 12.7. The Morgan fingerprint density at radius 2 is 1.96 bits per heavy atom. The molecule has 0 aliphatic carbocycles. The molecule has 1 aliphatic rings. The summed E-state index contributed by atoms with van der Waals surface area (Å²) in [5.41, 5.74) is -3.28. The molecule has 1 aliphatic heterocycles. The lowest BCUT2D eigenvalue weighted by molar-refractivity contribution is -0.191. The van der Waals surface area contributed by atoms with Crippen LogP contribution in [0.4, 0.5) is 8.78 Å². The smallest absolute Gasteiger partial charge is 0.379 e. The fourth-order valence-corrected chi connectivity index (χ4v) is 4.43. The number of carbonyl (C=O) groups excluding carboxylic acids is 1. The molecule has 1 heterocycles. The fourth-order valence-electron chi connectivity index (χ4n) is 3.13. The minimum absolute atomic E-state index is 0.0526. The zero-order chi connectivity index (χ0) is 21.5. The number of benzene rings is 1. The molecule has 28 heavy (non-hydrogen) atoms. The summed E-state index contributed by atoms with van der Waals surface area (Å²) >= 11 is 3.29. The van der Waals surface area contributed by atoms with Crippen LogP contribution in [0, 0.1) is 0 Å². The van der Waals surface area contributed by atoms with Crippen molar-refractivity contribution < 1.29 is 27.3 Å². The Balaban J connectivity index is 2.80. The maximum atomic E-state index is 15.7. The molecule has 0 saturated carbocycles. The van der Waals surface area contributed by atoms with Crippen molar-refractivity contribution in [2.45, 2.75) is 69.8 Å². The van der Waals surface area contributed by atoms with Gasteiger partial charge in [0.1, 0.15) is 16.9 Å². The SMILES string of the molecule is CCOC(=O)C(F)(F)C1(NS(=O)C(C)(C)C)CC(C)(C)Oc2ccc(Br)cc21. The van der Waals surface area contributed by atoms with Gasteiger partial charge in [-0.1, -0.05) is 15.9 Å². The van der Waals surface area contributed by atoms with E-state index in [0.717, 1.165) is 0 Å². The fraction of sp³-hybridized carbons (Fsp3) is 0.632. The van der Waals surface area contributed by atoms with E-state index in [-0.39, 0.29) is 24.3 Å². The van der Waals surface area contributed by atoms with E-state index in [0.29, 0.717) is 4.47 Å². The summed E-state index contributed by atoms with van der Waals surface area (Å²) < 4.78 is 57.2. The minimum atomic E-state index is -4.00. The summed E-state index contributed by atoms with van der Waals surface area (Å²) in [5.74, 6) is -5.47. The van der Waals surface area contributed by atoms with Crippen molar-refractivity contribution in [1.82, 2.24) is 4.72 Å². The molecule has 2 unspecified atom stereocenters. The van der Waals surface area contributed by atoms with Gasteiger partial charge in [0.25, 0.3) is 0 Å². The summed E-state index contributed by atoms with van der Waals surface area (Å²) in [6, 6.07) is 4.68. The lowest BCUT2D eigenvalue weighted by Gasteiger charge is -2.49. The Labute approximate surface area is 175 Å². The van der Waals surface area contributed by atoms with Gasteiger partial charge in [-0.2, -0.15) is 8.78 Å². The summed E-state index contributed by atoms with van der Waals surface area (Å²) in [6.07, 6.45) is -0.295. The molecule has 2 atom stereocenters. The van der Waals surface area contributed by atoms with E-state index in [9.17, 15) is 9.00 Å². The van der Waals surface area contributed by atoms with Crippen LogP contribution in [0.5, 0.6) is 5.75 Å². The Kier molecular flexibility index (Phi) is 6.34. The highest BCUT2D eigenvalue weighted by molar-refractivity contribution is 9.10. The van der Waals surface area contributed by atoms with Crippen molar-refractivity contribution in [3.63, 3.8) is 0 Å². The monoisotopic (exact) mass is 481 g/mol. The molecular formula is C19H26BrF2NO4S. The second-order valence-corrected chi connectivity index (χ2v) is 11.2. The first-order valence-corrected chi connectivity index (χ1v) is 10.8. The van der Waals surface area contributed by atoms with Gasteiger partial charge in [-0.05, 0) is 59.7 Å². The van der Waals surface area contributed by atoms with E-state index in [1.165, 1.54) is 13.0 Å². The highest BCUT2D eigenvalue weighted by Gasteiger charge is 2.66. The zero-order valence-corrected chi connectivity index (χ0v) is 19.2. The average molecular weight is 482 g/mol. The minimum Gasteiger partial charge on any atom is -0.487 e. The van der Waals surface area contributed by atoms with Gasteiger partial charge in [-0.25, -0.2) is 13.7 Å². The lowest BCUT2D eigenvalue weighted by atomic mass is 9.74. The maximum Gasteiger partial charge on any atom is 0.379 e. The molecule has 5 nitrogen and oxygen atoms in total. The van der Waals surface area contributed by atoms with E-state index < -0.39 is 38.8 Å². The number of hydrogen-bond acceptors (Lipinski definition) is 4. The van der Waals surface area contributed by atoms with Crippen LogP contribution in [0.2, 0.25) is 0 Å². The van der Waals surface area contributed by atoms with Crippen molar-refractivity contribution >= 4 is 32.9 Å². The second-order valence-electron chi connectivity index (χ2n) is 8.36. The summed E-state index contributed by atoms with van der Waals surface area (Å²) in [7, 11) is -1.90. The van der Waals surface area contributed by atoms with Crippen LogP contribution < -0.4 is 9.46 Å². The van der Waals surface area contributed by atoms with Crippen molar-refractivity contribution in [1.29, 1.82) is 0 Å². The van der Waals surface area contributed by atoms with Gasteiger partial charge >= 0.3 is 11.9 Å². The topological polar surface area (TPSA) is 64.6 Å². The first-order valence-electron chi connectivity index (χ1n) is 8.90. The molecule has 158 valence electrons. The first kappa shape index (κ1) is 23.2. The van der Waals surface area contributed by atoms with Crippen molar-refractivity contribution in [2.24, 2.45) is 0 Å². The number of nitrogens with one attached hydrogen (secondary N) is 1. The molecule has 0 amide bonds. The van der Waals surface area contributed by atoms with Gasteiger partial charge in [0.05, 0.1) is 22.3 Å². The van der Waals surface area contributed by atoms with E-state index in [2.05, 4.69) is 25.4 Å². The number of ether oxygens (including phenoxy) is 2. The van der Waals surface area contributed by atoms with Crippen molar-refractivity contribution in [3.8, 4) is 5.75 Å². The third-order valence-corrected chi connectivity index (χ3v) is 6.51. The molecule has 0 saturated heterocycles. The largest absolute Gasteiger partial charge is 0.487 e. The number of alkyl halides is 2. The van der Waals surface area contributed by atoms with Crippen LogP contribution >= 0.6 is 15.9 Å². The van der Waals surface area contributed by atoms with Gasteiger partial charge in [-0.3, -0.25) is 0 Å². The van der Waals surface area contributed by atoms with Crippen LogP contribution in [0.15, 0.2) is 22.7 Å². The third-order valence-electron chi connectivity index (χ3n) is 4.37. The van der Waals surface area contributed by atoms with E-state index in [1.54, 1.807) is 46.8 Å². The number of halogens is 3. The molecular weight excluding hydrogens is 456 g/mol. The molecule has 1 N–H and O–H groups in total. The van der Waals surface area contributed by atoms with Crippen LogP contribution in [-0.2, 0) is 26.1 Å². The number of esters is 1.